The highest BCUT2D eigenvalue weighted by atomic mass is 16.7. The molecule has 2 heterocycles. The van der Waals surface area contributed by atoms with E-state index in [9.17, 15) is 0 Å². The maximum absolute atomic E-state index is 5.41. The van der Waals surface area contributed by atoms with Crippen molar-refractivity contribution >= 4 is 5.69 Å². The van der Waals surface area contributed by atoms with Crippen LogP contribution in [0.5, 0.6) is 17.2 Å². The Balaban J connectivity index is 1.78. The summed E-state index contributed by atoms with van der Waals surface area (Å²) < 4.78 is 16.1. The minimum absolute atomic E-state index is 0.240. The fourth-order valence-corrected chi connectivity index (χ4v) is 2.14. The quantitative estimate of drug-likeness (QED) is 0.927. The number of rotatable bonds is 4. The Morgan fingerprint density at radius 2 is 2.15 bits per heavy atom. The summed E-state index contributed by atoms with van der Waals surface area (Å²) in [6, 6.07) is 5.96. The van der Waals surface area contributed by atoms with Crippen LogP contribution >= 0.6 is 0 Å². The smallest absolute Gasteiger partial charge is 0.231 e. The van der Waals surface area contributed by atoms with Crippen molar-refractivity contribution in [1.29, 1.82) is 0 Å². The predicted molar refractivity (Wildman–Crippen MR) is 75.4 cm³/mol. The van der Waals surface area contributed by atoms with Crippen LogP contribution in [0.4, 0.5) is 5.69 Å². The summed E-state index contributed by atoms with van der Waals surface area (Å²) in [5, 5.41) is 3.33. The lowest BCUT2D eigenvalue weighted by Gasteiger charge is -2.10. The molecular formula is C15H16N2O3. The summed E-state index contributed by atoms with van der Waals surface area (Å²) in [7, 11) is 1.62. The molecule has 0 bridgehead atoms. The van der Waals surface area contributed by atoms with Crippen LogP contribution in [0.2, 0.25) is 0 Å². The molecule has 0 aliphatic carbocycles. The first-order valence-corrected chi connectivity index (χ1v) is 6.38. The molecule has 2 aromatic rings. The van der Waals surface area contributed by atoms with E-state index < -0.39 is 0 Å². The fourth-order valence-electron chi connectivity index (χ4n) is 2.14. The molecule has 0 atom stereocenters. The van der Waals surface area contributed by atoms with Gasteiger partial charge in [0.15, 0.2) is 11.5 Å². The molecular weight excluding hydrogens is 256 g/mol. The lowest BCUT2D eigenvalue weighted by atomic mass is 10.1. The van der Waals surface area contributed by atoms with E-state index in [1.165, 1.54) is 0 Å². The monoisotopic (exact) mass is 272 g/mol. The summed E-state index contributed by atoms with van der Waals surface area (Å²) >= 11 is 0. The molecule has 1 N–H and O–H groups in total. The van der Waals surface area contributed by atoms with E-state index in [0.29, 0.717) is 18.0 Å². The van der Waals surface area contributed by atoms with Crippen LogP contribution in [-0.4, -0.2) is 18.9 Å². The van der Waals surface area contributed by atoms with Crippen LogP contribution in [0, 0.1) is 6.92 Å². The number of anilines is 1. The van der Waals surface area contributed by atoms with Crippen LogP contribution in [-0.2, 0) is 6.54 Å². The van der Waals surface area contributed by atoms with Gasteiger partial charge in [0.1, 0.15) is 0 Å². The molecule has 20 heavy (non-hydrogen) atoms. The zero-order valence-electron chi connectivity index (χ0n) is 11.5. The average Bonchev–Trinajstić information content (AvgIpc) is 2.92. The molecule has 1 aromatic heterocycles. The molecule has 104 valence electrons. The van der Waals surface area contributed by atoms with Crippen molar-refractivity contribution in [3.05, 3.63) is 41.7 Å². The van der Waals surface area contributed by atoms with E-state index in [1.807, 2.05) is 25.3 Å². The number of fused-ring (bicyclic) bond motifs is 1. The fraction of sp³-hybridized carbons (Fsp3) is 0.267. The van der Waals surface area contributed by atoms with E-state index >= 15 is 0 Å². The molecule has 0 radical (unpaired) electrons. The largest absolute Gasteiger partial charge is 0.493 e. The minimum Gasteiger partial charge on any atom is -0.493 e. The van der Waals surface area contributed by atoms with Gasteiger partial charge >= 0.3 is 0 Å². The Bertz CT molecular complexity index is 629. The van der Waals surface area contributed by atoms with Gasteiger partial charge in [-0.15, -0.1) is 0 Å². The standard InChI is InChI=1S/C15H16N2O3/c1-10-3-12(8-16-6-10)17-7-11-4-13(18-2)15-14(5-11)19-9-20-15/h3-6,8,17H,7,9H2,1-2H3. The summed E-state index contributed by atoms with van der Waals surface area (Å²) in [6.45, 7) is 2.92. The van der Waals surface area contributed by atoms with Crippen molar-refractivity contribution in [3.8, 4) is 17.2 Å². The third-order valence-electron chi connectivity index (χ3n) is 3.09. The zero-order valence-corrected chi connectivity index (χ0v) is 11.5. The second kappa shape index (κ2) is 5.28. The first kappa shape index (κ1) is 12.6. The number of hydrogen-bond donors (Lipinski definition) is 1. The van der Waals surface area contributed by atoms with Gasteiger partial charge in [0.25, 0.3) is 0 Å². The molecule has 1 aromatic carbocycles. The minimum atomic E-state index is 0.240. The Morgan fingerprint density at radius 1 is 1.25 bits per heavy atom. The third-order valence-corrected chi connectivity index (χ3v) is 3.09. The topological polar surface area (TPSA) is 52.6 Å². The summed E-state index contributed by atoms with van der Waals surface area (Å²) in [5.41, 5.74) is 3.17. The predicted octanol–water partition coefficient (Wildman–Crippen LogP) is 2.74. The van der Waals surface area contributed by atoms with Crippen molar-refractivity contribution in [2.45, 2.75) is 13.5 Å². The molecule has 0 saturated carbocycles. The van der Waals surface area contributed by atoms with E-state index in [-0.39, 0.29) is 6.79 Å². The third kappa shape index (κ3) is 2.47. The Morgan fingerprint density at radius 3 is 2.95 bits per heavy atom. The second-order valence-corrected chi connectivity index (χ2v) is 4.64. The number of ether oxygens (including phenoxy) is 3. The van der Waals surface area contributed by atoms with Gasteiger partial charge < -0.3 is 19.5 Å². The van der Waals surface area contributed by atoms with Crippen LogP contribution < -0.4 is 19.5 Å². The maximum Gasteiger partial charge on any atom is 0.231 e. The number of aromatic nitrogens is 1. The Labute approximate surface area is 117 Å². The van der Waals surface area contributed by atoms with E-state index in [4.69, 9.17) is 14.2 Å². The van der Waals surface area contributed by atoms with Gasteiger partial charge in [-0.25, -0.2) is 0 Å². The number of aryl methyl sites for hydroxylation is 1. The molecule has 0 amide bonds. The van der Waals surface area contributed by atoms with Crippen LogP contribution in [0.3, 0.4) is 0 Å². The summed E-state index contributed by atoms with van der Waals surface area (Å²) in [4.78, 5) is 4.16. The highest BCUT2D eigenvalue weighted by Gasteiger charge is 2.19. The lowest BCUT2D eigenvalue weighted by Crippen LogP contribution is -2.00. The number of hydrogen-bond acceptors (Lipinski definition) is 5. The number of benzene rings is 1. The van der Waals surface area contributed by atoms with Crippen molar-refractivity contribution < 1.29 is 14.2 Å². The Hall–Kier alpha value is -2.43. The summed E-state index contributed by atoms with van der Waals surface area (Å²) in [6.07, 6.45) is 3.63. The van der Waals surface area contributed by atoms with Crippen molar-refractivity contribution in [3.63, 3.8) is 0 Å². The van der Waals surface area contributed by atoms with E-state index in [0.717, 1.165) is 22.6 Å². The van der Waals surface area contributed by atoms with Gasteiger partial charge in [-0.05, 0) is 36.2 Å². The molecule has 5 heteroatoms. The van der Waals surface area contributed by atoms with Crippen molar-refractivity contribution in [2.75, 3.05) is 19.2 Å². The first-order valence-electron chi connectivity index (χ1n) is 6.38. The average molecular weight is 272 g/mol. The molecule has 1 aliphatic rings. The molecule has 0 spiro atoms. The Kier molecular flexibility index (Phi) is 3.33. The molecule has 5 nitrogen and oxygen atoms in total. The maximum atomic E-state index is 5.41. The van der Waals surface area contributed by atoms with E-state index in [1.54, 1.807) is 13.3 Å². The van der Waals surface area contributed by atoms with Gasteiger partial charge in [0, 0.05) is 18.9 Å². The summed E-state index contributed by atoms with van der Waals surface area (Å²) in [5.74, 6) is 2.09. The van der Waals surface area contributed by atoms with Crippen molar-refractivity contribution in [2.24, 2.45) is 0 Å². The highest BCUT2D eigenvalue weighted by Crippen LogP contribution is 2.41. The molecule has 0 fully saturated rings. The number of nitrogens with one attached hydrogen (secondary N) is 1. The normalized spacial score (nSPS) is 12.3. The van der Waals surface area contributed by atoms with Gasteiger partial charge in [-0.1, -0.05) is 0 Å². The van der Waals surface area contributed by atoms with Crippen molar-refractivity contribution in [1.82, 2.24) is 4.98 Å². The zero-order chi connectivity index (χ0) is 13.9. The van der Waals surface area contributed by atoms with Crippen LogP contribution in [0.25, 0.3) is 0 Å². The number of methoxy groups -OCH3 is 1. The molecule has 1 aliphatic heterocycles. The van der Waals surface area contributed by atoms with Gasteiger partial charge in [0.05, 0.1) is 12.8 Å². The number of nitrogens with zero attached hydrogens (tertiary/aromatic N) is 1. The van der Waals surface area contributed by atoms with Gasteiger partial charge in [0.2, 0.25) is 12.5 Å². The second-order valence-electron chi connectivity index (χ2n) is 4.64. The molecule has 0 saturated heterocycles. The number of pyridine rings is 1. The lowest BCUT2D eigenvalue weighted by molar-refractivity contribution is 0.171. The molecule has 0 unspecified atom stereocenters. The SMILES string of the molecule is COc1cc(CNc2cncc(C)c2)cc2c1OCO2. The van der Waals surface area contributed by atoms with Gasteiger partial charge in [-0.3, -0.25) is 4.98 Å². The highest BCUT2D eigenvalue weighted by molar-refractivity contribution is 5.55. The van der Waals surface area contributed by atoms with E-state index in [2.05, 4.69) is 16.4 Å². The van der Waals surface area contributed by atoms with Crippen LogP contribution in [0.15, 0.2) is 30.6 Å². The first-order chi connectivity index (χ1) is 9.76. The van der Waals surface area contributed by atoms with Gasteiger partial charge in [-0.2, -0.15) is 0 Å². The van der Waals surface area contributed by atoms with Crippen LogP contribution in [0.1, 0.15) is 11.1 Å². The molecule has 3 rings (SSSR count).